The number of para-hydroxylation sites is 2. The van der Waals surface area contributed by atoms with Gasteiger partial charge in [-0.15, -0.1) is 0 Å². The molecule has 0 unspecified atom stereocenters. The fourth-order valence-electron chi connectivity index (χ4n) is 3.82. The quantitative estimate of drug-likeness (QED) is 0.763. The van der Waals surface area contributed by atoms with Crippen molar-refractivity contribution >= 4 is 16.9 Å². The molecular weight excluding hydrogens is 338 g/mol. The Morgan fingerprint density at radius 3 is 2.56 bits per heavy atom. The summed E-state index contributed by atoms with van der Waals surface area (Å²) in [4.78, 5) is 22.5. The number of carbonyl (C=O) groups excluding carboxylic acids is 1. The highest BCUT2D eigenvalue weighted by Gasteiger charge is 2.26. The summed E-state index contributed by atoms with van der Waals surface area (Å²) in [6.07, 6.45) is 1.85. The first-order valence-electron chi connectivity index (χ1n) is 9.52. The first-order chi connectivity index (χ1) is 13.1. The van der Waals surface area contributed by atoms with E-state index in [1.807, 2.05) is 49.1 Å². The third-order valence-corrected chi connectivity index (χ3v) is 5.20. The highest BCUT2D eigenvalue weighted by Crippen LogP contribution is 2.27. The Bertz CT molecular complexity index is 902. The molecule has 5 heteroatoms. The molecule has 1 aromatic heterocycles. The maximum Gasteiger partial charge on any atom is 0.260 e. The second kappa shape index (κ2) is 7.43. The van der Waals surface area contributed by atoms with Crippen LogP contribution in [0.5, 0.6) is 5.75 Å². The number of imidazole rings is 1. The lowest BCUT2D eigenvalue weighted by molar-refractivity contribution is -0.134. The van der Waals surface area contributed by atoms with Crippen molar-refractivity contribution in [3.05, 3.63) is 59.4 Å². The van der Waals surface area contributed by atoms with E-state index in [0.717, 1.165) is 59.7 Å². The van der Waals surface area contributed by atoms with Crippen LogP contribution < -0.4 is 4.74 Å². The molecule has 1 aliphatic rings. The number of nitrogens with one attached hydrogen (secondary N) is 1. The molecule has 2 aromatic carbocycles. The molecule has 0 aliphatic carbocycles. The highest BCUT2D eigenvalue weighted by atomic mass is 16.5. The molecule has 27 heavy (non-hydrogen) atoms. The van der Waals surface area contributed by atoms with E-state index in [4.69, 9.17) is 9.72 Å². The Morgan fingerprint density at radius 2 is 1.85 bits per heavy atom. The summed E-state index contributed by atoms with van der Waals surface area (Å²) >= 11 is 0. The minimum atomic E-state index is 0.0530. The van der Waals surface area contributed by atoms with Gasteiger partial charge in [-0.25, -0.2) is 4.98 Å². The van der Waals surface area contributed by atoms with Gasteiger partial charge in [0.2, 0.25) is 0 Å². The first kappa shape index (κ1) is 17.6. The zero-order valence-electron chi connectivity index (χ0n) is 15.9. The number of nitrogens with zero attached hydrogens (tertiary/aromatic N) is 2. The molecule has 1 amide bonds. The van der Waals surface area contributed by atoms with Crippen LogP contribution in [0.3, 0.4) is 0 Å². The smallest absolute Gasteiger partial charge is 0.260 e. The molecule has 3 aromatic rings. The SMILES string of the molecule is Cc1cc(C)cc(OCC(=O)N2CCC(c3nc4ccccc4[nH]3)CC2)c1. The van der Waals surface area contributed by atoms with Crippen LogP contribution in [0.15, 0.2) is 42.5 Å². The Labute approximate surface area is 159 Å². The van der Waals surface area contributed by atoms with Crippen LogP contribution in [0.1, 0.15) is 35.7 Å². The largest absolute Gasteiger partial charge is 0.484 e. The van der Waals surface area contributed by atoms with Gasteiger partial charge >= 0.3 is 0 Å². The lowest BCUT2D eigenvalue weighted by Crippen LogP contribution is -2.40. The predicted molar refractivity (Wildman–Crippen MR) is 106 cm³/mol. The normalized spacial score (nSPS) is 15.3. The fourth-order valence-corrected chi connectivity index (χ4v) is 3.82. The average molecular weight is 363 g/mol. The van der Waals surface area contributed by atoms with Gasteiger partial charge in [0, 0.05) is 19.0 Å². The van der Waals surface area contributed by atoms with Gasteiger partial charge in [-0.1, -0.05) is 18.2 Å². The predicted octanol–water partition coefficient (Wildman–Crippen LogP) is 3.96. The number of rotatable bonds is 4. The topological polar surface area (TPSA) is 58.2 Å². The summed E-state index contributed by atoms with van der Waals surface area (Å²) in [5.74, 6) is 2.23. The molecule has 1 N–H and O–H groups in total. The van der Waals surface area contributed by atoms with Gasteiger partial charge < -0.3 is 14.6 Å². The molecule has 1 fully saturated rings. The second-order valence-corrected chi connectivity index (χ2v) is 7.41. The highest BCUT2D eigenvalue weighted by molar-refractivity contribution is 5.78. The number of hydrogen-bond donors (Lipinski definition) is 1. The van der Waals surface area contributed by atoms with Crippen molar-refractivity contribution in [1.29, 1.82) is 0 Å². The molecule has 0 radical (unpaired) electrons. The summed E-state index contributed by atoms with van der Waals surface area (Å²) in [5, 5.41) is 0. The molecule has 0 saturated carbocycles. The number of fused-ring (bicyclic) bond motifs is 1. The van der Waals surface area contributed by atoms with E-state index in [2.05, 4.69) is 17.1 Å². The van der Waals surface area contributed by atoms with E-state index in [-0.39, 0.29) is 12.5 Å². The Morgan fingerprint density at radius 1 is 1.15 bits per heavy atom. The summed E-state index contributed by atoms with van der Waals surface area (Å²) in [7, 11) is 0. The number of piperidine rings is 1. The molecule has 0 bridgehead atoms. The number of H-pyrrole nitrogens is 1. The van der Waals surface area contributed by atoms with Crippen molar-refractivity contribution in [2.45, 2.75) is 32.6 Å². The number of carbonyl (C=O) groups is 1. The summed E-state index contributed by atoms with van der Waals surface area (Å²) in [6.45, 7) is 5.65. The molecule has 2 heterocycles. The number of ether oxygens (including phenoxy) is 1. The van der Waals surface area contributed by atoms with Crippen LogP contribution >= 0.6 is 0 Å². The molecule has 0 atom stereocenters. The summed E-state index contributed by atoms with van der Waals surface area (Å²) in [5.41, 5.74) is 4.37. The zero-order valence-corrected chi connectivity index (χ0v) is 15.9. The van der Waals surface area contributed by atoms with Crippen LogP contribution in [0.4, 0.5) is 0 Å². The molecule has 4 rings (SSSR count). The molecule has 0 spiro atoms. The van der Waals surface area contributed by atoms with Gasteiger partial charge in [0.05, 0.1) is 11.0 Å². The van der Waals surface area contributed by atoms with Crippen molar-refractivity contribution < 1.29 is 9.53 Å². The second-order valence-electron chi connectivity index (χ2n) is 7.41. The maximum atomic E-state index is 12.5. The maximum absolute atomic E-state index is 12.5. The van der Waals surface area contributed by atoms with Crippen LogP contribution in [0.25, 0.3) is 11.0 Å². The number of aromatic nitrogens is 2. The van der Waals surface area contributed by atoms with E-state index in [1.54, 1.807) is 0 Å². The van der Waals surface area contributed by atoms with Crippen molar-refractivity contribution in [1.82, 2.24) is 14.9 Å². The molecular formula is C22H25N3O2. The van der Waals surface area contributed by atoms with Crippen molar-refractivity contribution in [2.75, 3.05) is 19.7 Å². The average Bonchev–Trinajstić information content (AvgIpc) is 3.10. The minimum absolute atomic E-state index is 0.0530. The lowest BCUT2D eigenvalue weighted by atomic mass is 9.96. The van der Waals surface area contributed by atoms with Crippen LogP contribution in [0, 0.1) is 13.8 Å². The van der Waals surface area contributed by atoms with Gasteiger partial charge in [-0.2, -0.15) is 0 Å². The third-order valence-electron chi connectivity index (χ3n) is 5.20. The number of amides is 1. The van der Waals surface area contributed by atoms with E-state index < -0.39 is 0 Å². The van der Waals surface area contributed by atoms with Gasteiger partial charge in [-0.3, -0.25) is 4.79 Å². The summed E-state index contributed by atoms with van der Waals surface area (Å²) in [6, 6.07) is 14.1. The fraction of sp³-hybridized carbons (Fsp3) is 0.364. The number of aromatic amines is 1. The van der Waals surface area contributed by atoms with E-state index in [0.29, 0.717) is 5.92 Å². The van der Waals surface area contributed by atoms with Gasteiger partial charge in [0.1, 0.15) is 11.6 Å². The monoisotopic (exact) mass is 363 g/mol. The van der Waals surface area contributed by atoms with Crippen molar-refractivity contribution in [3.8, 4) is 5.75 Å². The van der Waals surface area contributed by atoms with Crippen LogP contribution in [-0.4, -0.2) is 40.5 Å². The minimum Gasteiger partial charge on any atom is -0.484 e. The number of benzene rings is 2. The molecule has 140 valence electrons. The summed E-state index contributed by atoms with van der Waals surface area (Å²) < 4.78 is 5.72. The Kier molecular flexibility index (Phi) is 4.84. The van der Waals surface area contributed by atoms with Gasteiger partial charge in [0.25, 0.3) is 5.91 Å². The number of likely N-dealkylation sites (tertiary alicyclic amines) is 1. The molecule has 1 aliphatic heterocycles. The first-order valence-corrected chi connectivity index (χ1v) is 9.52. The van der Waals surface area contributed by atoms with Crippen molar-refractivity contribution in [3.63, 3.8) is 0 Å². The number of hydrogen-bond acceptors (Lipinski definition) is 3. The van der Waals surface area contributed by atoms with Crippen LogP contribution in [-0.2, 0) is 4.79 Å². The van der Waals surface area contributed by atoms with Crippen molar-refractivity contribution in [2.24, 2.45) is 0 Å². The Hall–Kier alpha value is -2.82. The third kappa shape index (κ3) is 3.97. The molecule has 1 saturated heterocycles. The van der Waals surface area contributed by atoms with Gasteiger partial charge in [0.15, 0.2) is 6.61 Å². The van der Waals surface area contributed by atoms with E-state index >= 15 is 0 Å². The molecule has 5 nitrogen and oxygen atoms in total. The number of aryl methyl sites for hydroxylation is 2. The standard InChI is InChI=1S/C22H25N3O2/c1-15-11-16(2)13-18(12-15)27-14-21(26)25-9-7-17(8-10-25)22-23-19-5-3-4-6-20(19)24-22/h3-6,11-13,17H,7-10,14H2,1-2H3,(H,23,24). The van der Waals surface area contributed by atoms with E-state index in [1.165, 1.54) is 0 Å². The zero-order chi connectivity index (χ0) is 18.8. The van der Waals surface area contributed by atoms with E-state index in [9.17, 15) is 4.79 Å². The Balaban J connectivity index is 1.32. The lowest BCUT2D eigenvalue weighted by Gasteiger charge is -2.31. The van der Waals surface area contributed by atoms with Crippen LogP contribution in [0.2, 0.25) is 0 Å². The van der Waals surface area contributed by atoms with Gasteiger partial charge in [-0.05, 0) is 62.1 Å².